The van der Waals surface area contributed by atoms with Gasteiger partial charge in [0.15, 0.2) is 0 Å². The van der Waals surface area contributed by atoms with E-state index in [-0.39, 0.29) is 17.8 Å². The second-order valence-electron chi connectivity index (χ2n) is 8.15. The Labute approximate surface area is 166 Å². The number of hydrogen-bond donors (Lipinski definition) is 1. The van der Waals surface area contributed by atoms with Crippen LogP contribution in [0.4, 0.5) is 0 Å². The minimum Gasteiger partial charge on any atom is -0.467 e. The molecule has 1 heterocycles. The lowest BCUT2D eigenvalue weighted by Gasteiger charge is -2.29. The number of nitrogens with one attached hydrogen (secondary N) is 1. The molecular weight excluding hydrogens is 352 g/mol. The topological polar surface area (TPSA) is 68.3 Å². The van der Waals surface area contributed by atoms with Gasteiger partial charge in [0.25, 0.3) is 0 Å². The van der Waals surface area contributed by atoms with E-state index in [1.807, 2.05) is 26.1 Å². The lowest BCUT2D eigenvalue weighted by atomic mass is 9.77. The van der Waals surface area contributed by atoms with Gasteiger partial charge in [0.05, 0.1) is 12.6 Å². The van der Waals surface area contributed by atoms with Crippen LogP contribution in [-0.2, 0) is 14.3 Å². The summed E-state index contributed by atoms with van der Waals surface area (Å²) in [6.07, 6.45) is 6.59. The first kappa shape index (κ1) is 20.3. The Balaban J connectivity index is 1.56. The molecule has 1 saturated carbocycles. The van der Waals surface area contributed by atoms with Gasteiger partial charge in [-0.25, -0.2) is 4.79 Å². The summed E-state index contributed by atoms with van der Waals surface area (Å²) in [5.41, 5.74) is 2.42. The highest BCUT2D eigenvalue weighted by atomic mass is 16.5. The van der Waals surface area contributed by atoms with Crippen LogP contribution in [0.1, 0.15) is 57.4 Å². The second-order valence-corrected chi connectivity index (χ2v) is 8.15. The molecule has 0 radical (unpaired) electrons. The summed E-state index contributed by atoms with van der Waals surface area (Å²) in [4.78, 5) is 28.8. The molecule has 1 fully saturated rings. The van der Waals surface area contributed by atoms with E-state index in [1.54, 1.807) is 0 Å². The van der Waals surface area contributed by atoms with E-state index in [0.717, 1.165) is 31.2 Å². The predicted molar refractivity (Wildman–Crippen MR) is 110 cm³/mol. The Bertz CT molecular complexity index is 820. The zero-order valence-electron chi connectivity index (χ0n) is 17.0. The Morgan fingerprint density at radius 3 is 2.54 bits per heavy atom. The van der Waals surface area contributed by atoms with E-state index >= 15 is 0 Å². The van der Waals surface area contributed by atoms with Gasteiger partial charge in [0, 0.05) is 18.0 Å². The van der Waals surface area contributed by atoms with Crippen molar-refractivity contribution in [3.05, 3.63) is 42.1 Å². The molecule has 150 valence electrons. The van der Waals surface area contributed by atoms with Crippen LogP contribution in [0.5, 0.6) is 0 Å². The number of esters is 1. The van der Waals surface area contributed by atoms with Crippen LogP contribution < -0.4 is 5.32 Å². The number of methoxy groups -OCH3 is 1. The lowest BCUT2D eigenvalue weighted by Crippen LogP contribution is -2.45. The molecule has 5 heteroatoms. The van der Waals surface area contributed by atoms with Gasteiger partial charge < -0.3 is 10.1 Å². The molecule has 1 aromatic heterocycles. The molecule has 0 aliphatic heterocycles. The lowest BCUT2D eigenvalue weighted by molar-refractivity contribution is -0.146. The number of fused-ring (bicyclic) bond motifs is 1. The number of carbonyl (C=O) groups excluding carboxylic acids is 2. The van der Waals surface area contributed by atoms with Gasteiger partial charge in [-0.1, -0.05) is 32.0 Å². The van der Waals surface area contributed by atoms with Crippen LogP contribution in [0.3, 0.4) is 0 Å². The minimum absolute atomic E-state index is 0.00658. The van der Waals surface area contributed by atoms with Crippen LogP contribution in [0.25, 0.3) is 10.9 Å². The number of pyridine rings is 1. The molecule has 28 heavy (non-hydrogen) atoms. The third-order valence-electron chi connectivity index (χ3n) is 5.88. The second kappa shape index (κ2) is 9.18. The quantitative estimate of drug-likeness (QED) is 0.760. The molecule has 1 aliphatic carbocycles. The zero-order chi connectivity index (χ0) is 20.1. The van der Waals surface area contributed by atoms with Crippen molar-refractivity contribution in [2.75, 3.05) is 7.11 Å². The summed E-state index contributed by atoms with van der Waals surface area (Å²) in [6, 6.07) is 9.86. The Morgan fingerprint density at radius 2 is 1.86 bits per heavy atom. The van der Waals surface area contributed by atoms with E-state index in [4.69, 9.17) is 4.74 Å². The molecule has 3 rings (SSSR count). The summed E-state index contributed by atoms with van der Waals surface area (Å²) < 4.78 is 4.80. The first-order valence-electron chi connectivity index (χ1n) is 10.2. The molecule has 0 bridgehead atoms. The molecule has 1 atom stereocenters. The minimum atomic E-state index is -0.572. The van der Waals surface area contributed by atoms with E-state index in [1.165, 1.54) is 18.1 Å². The van der Waals surface area contributed by atoms with Crippen molar-refractivity contribution in [3.8, 4) is 0 Å². The number of para-hydroxylation sites is 1. The molecule has 2 aromatic rings. The predicted octanol–water partition coefficient (Wildman–Crippen LogP) is 4.21. The molecule has 1 aromatic carbocycles. The van der Waals surface area contributed by atoms with Crippen molar-refractivity contribution in [3.63, 3.8) is 0 Å². The van der Waals surface area contributed by atoms with Crippen LogP contribution in [-0.4, -0.2) is 30.0 Å². The smallest absolute Gasteiger partial charge is 0.328 e. The highest BCUT2D eigenvalue weighted by molar-refractivity contribution is 5.85. The van der Waals surface area contributed by atoms with Crippen LogP contribution in [0.15, 0.2) is 36.5 Å². The van der Waals surface area contributed by atoms with E-state index < -0.39 is 6.04 Å². The van der Waals surface area contributed by atoms with Crippen LogP contribution in [0.2, 0.25) is 0 Å². The Kier molecular flexibility index (Phi) is 6.65. The van der Waals surface area contributed by atoms with Gasteiger partial charge in [-0.3, -0.25) is 9.78 Å². The van der Waals surface area contributed by atoms with Crippen molar-refractivity contribution >= 4 is 22.8 Å². The summed E-state index contributed by atoms with van der Waals surface area (Å²) in [5.74, 6) is 0.464. The SMILES string of the molecule is COC(=O)[C@@H](NC(=O)C[C@H]1CC[C@@H](c2ccnc3ccccc32)CC1)C(C)C. The zero-order valence-corrected chi connectivity index (χ0v) is 17.0. The number of ether oxygens (including phenoxy) is 1. The maximum Gasteiger partial charge on any atom is 0.328 e. The molecule has 0 saturated heterocycles. The molecule has 1 amide bonds. The van der Waals surface area contributed by atoms with E-state index in [9.17, 15) is 9.59 Å². The van der Waals surface area contributed by atoms with Crippen molar-refractivity contribution in [2.24, 2.45) is 11.8 Å². The number of amides is 1. The Morgan fingerprint density at radius 1 is 1.14 bits per heavy atom. The fraction of sp³-hybridized carbons (Fsp3) is 0.522. The highest BCUT2D eigenvalue weighted by Gasteiger charge is 2.28. The molecule has 1 aliphatic rings. The van der Waals surface area contributed by atoms with Crippen molar-refractivity contribution in [2.45, 2.75) is 57.9 Å². The summed E-state index contributed by atoms with van der Waals surface area (Å²) >= 11 is 0. The van der Waals surface area contributed by atoms with Crippen molar-refractivity contribution in [1.29, 1.82) is 0 Å². The molecular formula is C23H30N2O3. The summed E-state index contributed by atoms with van der Waals surface area (Å²) in [6.45, 7) is 3.82. The normalized spacial score (nSPS) is 20.7. The number of rotatable bonds is 6. The third-order valence-corrected chi connectivity index (χ3v) is 5.88. The molecule has 0 spiro atoms. The number of carbonyl (C=O) groups is 2. The average molecular weight is 383 g/mol. The average Bonchev–Trinajstić information content (AvgIpc) is 2.71. The summed E-state index contributed by atoms with van der Waals surface area (Å²) in [7, 11) is 1.36. The first-order valence-corrected chi connectivity index (χ1v) is 10.2. The maximum atomic E-state index is 12.4. The Hall–Kier alpha value is -2.43. The third kappa shape index (κ3) is 4.70. The largest absolute Gasteiger partial charge is 0.467 e. The fourth-order valence-corrected chi connectivity index (χ4v) is 4.27. The molecule has 0 unspecified atom stereocenters. The highest BCUT2D eigenvalue weighted by Crippen LogP contribution is 2.39. The van der Waals surface area contributed by atoms with Crippen LogP contribution in [0, 0.1) is 11.8 Å². The van der Waals surface area contributed by atoms with E-state index in [0.29, 0.717) is 18.3 Å². The van der Waals surface area contributed by atoms with Gasteiger partial charge in [0.1, 0.15) is 6.04 Å². The van der Waals surface area contributed by atoms with E-state index in [2.05, 4.69) is 34.6 Å². The van der Waals surface area contributed by atoms with Gasteiger partial charge in [-0.15, -0.1) is 0 Å². The van der Waals surface area contributed by atoms with Gasteiger partial charge in [0.2, 0.25) is 5.91 Å². The molecule has 5 nitrogen and oxygen atoms in total. The van der Waals surface area contributed by atoms with Gasteiger partial charge in [-0.05, 0) is 61.1 Å². The van der Waals surface area contributed by atoms with Crippen molar-refractivity contribution < 1.29 is 14.3 Å². The number of benzene rings is 1. The van der Waals surface area contributed by atoms with Gasteiger partial charge in [-0.2, -0.15) is 0 Å². The number of aromatic nitrogens is 1. The summed E-state index contributed by atoms with van der Waals surface area (Å²) in [5, 5.41) is 4.10. The standard InChI is InChI=1S/C23H30N2O3/c1-15(2)22(23(27)28-3)25-21(26)14-16-8-10-17(11-9-16)18-12-13-24-20-7-5-4-6-19(18)20/h4-7,12-13,15-17,22H,8-11,14H2,1-3H3,(H,25,26)/t16-,17+,22-/m0/s1. The maximum absolute atomic E-state index is 12.4. The number of nitrogens with zero attached hydrogens (tertiary/aromatic N) is 1. The molecule has 1 N–H and O–H groups in total. The fourth-order valence-electron chi connectivity index (χ4n) is 4.27. The number of hydrogen-bond acceptors (Lipinski definition) is 4. The first-order chi connectivity index (χ1) is 13.5. The van der Waals surface area contributed by atoms with Crippen LogP contribution >= 0.6 is 0 Å². The van der Waals surface area contributed by atoms with Gasteiger partial charge >= 0.3 is 5.97 Å². The van der Waals surface area contributed by atoms with Crippen molar-refractivity contribution in [1.82, 2.24) is 10.3 Å². The monoisotopic (exact) mass is 382 g/mol.